The number of tetrazole rings is 1. The number of hydrogen-bond donors (Lipinski definition) is 3. The van der Waals surface area contributed by atoms with Gasteiger partial charge in [0.05, 0.1) is 24.9 Å². The third kappa shape index (κ3) is 7.59. The number of imide groups is 1. The van der Waals surface area contributed by atoms with Gasteiger partial charge >= 0.3 is 0 Å². The zero-order valence-electron chi connectivity index (χ0n) is 25.6. The van der Waals surface area contributed by atoms with E-state index in [0.29, 0.717) is 55.6 Å². The van der Waals surface area contributed by atoms with Crippen molar-refractivity contribution in [2.75, 3.05) is 42.6 Å². The molecule has 2 aliphatic rings. The van der Waals surface area contributed by atoms with Crippen molar-refractivity contribution in [1.29, 1.82) is 0 Å². The van der Waals surface area contributed by atoms with E-state index in [2.05, 4.69) is 36.6 Å². The van der Waals surface area contributed by atoms with Crippen LogP contribution in [0.5, 0.6) is 0 Å². The number of aromatic nitrogens is 5. The number of morpholine rings is 1. The third-order valence-corrected chi connectivity index (χ3v) is 8.81. The van der Waals surface area contributed by atoms with Crippen molar-refractivity contribution in [1.82, 2.24) is 25.6 Å². The van der Waals surface area contributed by atoms with E-state index in [1.54, 1.807) is 24.3 Å². The summed E-state index contributed by atoms with van der Waals surface area (Å²) in [6.45, 7) is 3.59. The summed E-state index contributed by atoms with van der Waals surface area (Å²) in [6.07, 6.45) is 5.22. The van der Waals surface area contributed by atoms with Crippen molar-refractivity contribution < 1.29 is 14.3 Å². The lowest BCUT2D eigenvalue weighted by Crippen LogP contribution is -2.50. The number of pyridine rings is 1. The standard InChI is InChI=1S/C33H39N9O3.ClH/c34-21-22-4-6-25(7-5-22)32(43)42(28-10-8-24(9-11-28)31-37-39-40-38-31)33(44)29(35)19-23-2-1-3-26(18-23)27-12-13-36-30(20-27)41-14-16-45-17-15-41;/h1-3,8-13,18,20,22,25,29H,4-7,14-17,19,21,34-35H2,(H,37,38,39,40);1H/t22?,25?,29-;/m0./s1. The van der Waals surface area contributed by atoms with Crippen molar-refractivity contribution >= 4 is 35.7 Å². The van der Waals surface area contributed by atoms with Crippen molar-refractivity contribution in [3.63, 3.8) is 0 Å². The zero-order valence-corrected chi connectivity index (χ0v) is 26.4. The Hall–Kier alpha value is -4.23. The Bertz CT molecular complexity index is 1590. The highest BCUT2D eigenvalue weighted by Crippen LogP contribution is 2.32. The molecule has 1 saturated carbocycles. The average Bonchev–Trinajstić information content (AvgIpc) is 3.65. The van der Waals surface area contributed by atoms with Gasteiger partial charge in [0, 0.05) is 30.8 Å². The second-order valence-electron chi connectivity index (χ2n) is 11.8. The molecule has 5 N–H and O–H groups in total. The highest BCUT2D eigenvalue weighted by Gasteiger charge is 2.35. The lowest BCUT2D eigenvalue weighted by atomic mass is 9.81. The van der Waals surface area contributed by atoms with Gasteiger partial charge in [-0.2, -0.15) is 5.21 Å². The van der Waals surface area contributed by atoms with E-state index >= 15 is 0 Å². The van der Waals surface area contributed by atoms with Crippen LogP contribution in [-0.2, 0) is 20.7 Å². The molecule has 12 nitrogen and oxygen atoms in total. The molecule has 0 spiro atoms. The minimum atomic E-state index is -0.928. The summed E-state index contributed by atoms with van der Waals surface area (Å²) in [5.41, 5.74) is 16.6. The first kappa shape index (κ1) is 33.1. The Balaban J connectivity index is 0.00000417. The number of amides is 2. The first-order valence-electron chi connectivity index (χ1n) is 15.6. The van der Waals surface area contributed by atoms with Crippen molar-refractivity contribution in [3.8, 4) is 22.5 Å². The molecule has 1 aliphatic carbocycles. The average molecular weight is 646 g/mol. The van der Waals surface area contributed by atoms with E-state index in [9.17, 15) is 9.59 Å². The molecule has 1 saturated heterocycles. The van der Waals surface area contributed by atoms with E-state index in [-0.39, 0.29) is 30.7 Å². The normalized spacial score (nSPS) is 18.8. The van der Waals surface area contributed by atoms with Gasteiger partial charge in [0.2, 0.25) is 11.7 Å². The number of rotatable bonds is 9. The minimum Gasteiger partial charge on any atom is -0.378 e. The molecule has 0 bridgehead atoms. The van der Waals surface area contributed by atoms with Gasteiger partial charge in [0.1, 0.15) is 5.82 Å². The Kier molecular flexibility index (Phi) is 11.1. The number of nitrogens with two attached hydrogens (primary N) is 2. The van der Waals surface area contributed by atoms with E-state index in [1.165, 1.54) is 4.90 Å². The molecular formula is C33H40ClN9O3. The van der Waals surface area contributed by atoms with Crippen LogP contribution in [0.1, 0.15) is 31.2 Å². The Morgan fingerprint density at radius 3 is 2.41 bits per heavy atom. The van der Waals surface area contributed by atoms with Crippen LogP contribution in [0.25, 0.3) is 22.5 Å². The topological polar surface area (TPSA) is 169 Å². The molecule has 3 heterocycles. The van der Waals surface area contributed by atoms with Crippen molar-refractivity contribution in [3.05, 3.63) is 72.4 Å². The fourth-order valence-corrected chi connectivity index (χ4v) is 6.18. The number of hydrogen-bond acceptors (Lipinski definition) is 10. The quantitative estimate of drug-likeness (QED) is 0.245. The van der Waals surface area contributed by atoms with Crippen LogP contribution >= 0.6 is 12.4 Å². The monoisotopic (exact) mass is 645 g/mol. The number of H-pyrrole nitrogens is 1. The maximum Gasteiger partial charge on any atom is 0.251 e. The van der Waals surface area contributed by atoms with Crippen LogP contribution in [0.4, 0.5) is 11.5 Å². The number of halogens is 1. The molecule has 2 amide bonds. The second-order valence-corrected chi connectivity index (χ2v) is 11.8. The molecule has 2 aromatic carbocycles. The van der Waals surface area contributed by atoms with Crippen LogP contribution < -0.4 is 21.3 Å². The first-order chi connectivity index (χ1) is 22.0. The molecule has 13 heteroatoms. The Morgan fingerprint density at radius 1 is 0.978 bits per heavy atom. The lowest BCUT2D eigenvalue weighted by molar-refractivity contribution is -0.130. The highest BCUT2D eigenvalue weighted by molar-refractivity contribution is 6.17. The number of benzene rings is 2. The SMILES string of the molecule is Cl.NCC1CCC(C(=O)N(C(=O)[C@@H](N)Cc2cccc(-c3ccnc(N4CCOCC4)c3)c2)c2ccc(-c3nn[nH]n3)cc2)CC1. The predicted molar refractivity (Wildman–Crippen MR) is 178 cm³/mol. The maximum atomic E-state index is 14.0. The van der Waals surface area contributed by atoms with Crippen LogP contribution in [0, 0.1) is 11.8 Å². The summed E-state index contributed by atoms with van der Waals surface area (Å²) in [5, 5.41) is 14.1. The molecule has 2 fully saturated rings. The summed E-state index contributed by atoms with van der Waals surface area (Å²) in [6, 6.07) is 18.1. The fourth-order valence-electron chi connectivity index (χ4n) is 6.18. The van der Waals surface area contributed by atoms with Gasteiger partial charge in [-0.05, 0) is 103 Å². The largest absolute Gasteiger partial charge is 0.378 e. The molecular weight excluding hydrogens is 606 g/mol. The number of aromatic amines is 1. The van der Waals surface area contributed by atoms with Gasteiger partial charge < -0.3 is 21.1 Å². The molecule has 46 heavy (non-hydrogen) atoms. The second kappa shape index (κ2) is 15.4. The van der Waals surface area contributed by atoms with Gasteiger partial charge in [-0.3, -0.25) is 9.59 Å². The summed E-state index contributed by atoms with van der Waals surface area (Å²) in [5.74, 6) is 0.821. The summed E-state index contributed by atoms with van der Waals surface area (Å²) in [4.78, 5) is 36.1. The van der Waals surface area contributed by atoms with E-state index in [0.717, 1.165) is 48.4 Å². The minimum absolute atomic E-state index is 0. The zero-order chi connectivity index (χ0) is 31.2. The van der Waals surface area contributed by atoms with Crippen molar-refractivity contribution in [2.45, 2.75) is 38.1 Å². The van der Waals surface area contributed by atoms with Gasteiger partial charge in [0.15, 0.2) is 0 Å². The molecule has 2 aromatic heterocycles. The molecule has 4 aromatic rings. The van der Waals surface area contributed by atoms with Crippen molar-refractivity contribution in [2.24, 2.45) is 23.3 Å². The number of carbonyl (C=O) groups is 2. The van der Waals surface area contributed by atoms with E-state index in [4.69, 9.17) is 16.2 Å². The smallest absolute Gasteiger partial charge is 0.251 e. The molecule has 1 aliphatic heterocycles. The Morgan fingerprint density at radius 2 is 1.72 bits per heavy atom. The third-order valence-electron chi connectivity index (χ3n) is 8.81. The lowest BCUT2D eigenvalue weighted by Gasteiger charge is -2.32. The van der Waals surface area contributed by atoms with Gasteiger partial charge in [0.25, 0.3) is 5.91 Å². The molecule has 1 atom stereocenters. The van der Waals surface area contributed by atoms with Crippen LogP contribution in [0.15, 0.2) is 66.9 Å². The highest BCUT2D eigenvalue weighted by atomic mass is 35.5. The Labute approximate surface area is 274 Å². The summed E-state index contributed by atoms with van der Waals surface area (Å²) in [7, 11) is 0. The number of nitrogens with zero attached hydrogens (tertiary/aromatic N) is 6. The number of ether oxygens (including phenoxy) is 1. The molecule has 242 valence electrons. The molecule has 6 rings (SSSR count). The number of carbonyl (C=O) groups excluding carboxylic acids is 2. The van der Waals surface area contributed by atoms with Crippen LogP contribution in [0.2, 0.25) is 0 Å². The van der Waals surface area contributed by atoms with E-state index in [1.807, 2.05) is 36.5 Å². The van der Waals surface area contributed by atoms with Gasteiger partial charge in [-0.15, -0.1) is 22.6 Å². The molecule has 0 unspecified atom stereocenters. The first-order valence-corrected chi connectivity index (χ1v) is 15.6. The molecule has 0 radical (unpaired) electrons. The van der Waals surface area contributed by atoms with Crippen LogP contribution in [-0.4, -0.2) is 76.3 Å². The van der Waals surface area contributed by atoms with E-state index < -0.39 is 11.9 Å². The summed E-state index contributed by atoms with van der Waals surface area (Å²) < 4.78 is 5.49. The number of anilines is 2. The summed E-state index contributed by atoms with van der Waals surface area (Å²) >= 11 is 0. The maximum absolute atomic E-state index is 14.0. The number of nitrogens with one attached hydrogen (secondary N) is 1. The van der Waals surface area contributed by atoms with Crippen LogP contribution in [0.3, 0.4) is 0 Å². The fraction of sp³-hybridized carbons (Fsp3) is 0.394. The predicted octanol–water partition coefficient (Wildman–Crippen LogP) is 3.38. The van der Waals surface area contributed by atoms with Gasteiger partial charge in [-0.1, -0.05) is 24.3 Å². The van der Waals surface area contributed by atoms with Gasteiger partial charge in [-0.25, -0.2) is 9.88 Å².